The Balaban J connectivity index is 1.72. The van der Waals surface area contributed by atoms with Gasteiger partial charge < -0.3 is 14.4 Å². The van der Waals surface area contributed by atoms with E-state index in [1.54, 1.807) is 31.2 Å². The maximum Gasteiger partial charge on any atom is 0.416 e. The summed E-state index contributed by atoms with van der Waals surface area (Å²) in [6.07, 6.45) is -6.87. The summed E-state index contributed by atoms with van der Waals surface area (Å²) in [7, 11) is 1.44. The molecule has 0 amide bonds. The molecule has 0 aliphatic carbocycles. The topological polar surface area (TPSA) is 115 Å². The molecule has 2 unspecified atom stereocenters. The summed E-state index contributed by atoms with van der Waals surface area (Å²) in [6.45, 7) is 0.641. The molecule has 0 fully saturated rings. The average Bonchev–Trinajstić information content (AvgIpc) is 3.15. The summed E-state index contributed by atoms with van der Waals surface area (Å²) in [5.41, 5.74) is -1.37. The zero-order chi connectivity index (χ0) is 26.4. The number of nitrogens with one attached hydrogen (secondary N) is 1. The van der Waals surface area contributed by atoms with Crippen LogP contribution >= 0.6 is 23.2 Å². The summed E-state index contributed by atoms with van der Waals surface area (Å²) < 4.78 is 46.3. The van der Waals surface area contributed by atoms with E-state index in [0.29, 0.717) is 15.2 Å². The number of H-pyrrole nitrogens is 1. The molecule has 190 valence electrons. The van der Waals surface area contributed by atoms with E-state index in [2.05, 4.69) is 9.97 Å². The predicted molar refractivity (Wildman–Crippen MR) is 126 cm³/mol. The molecule has 1 aromatic carbocycles. The summed E-state index contributed by atoms with van der Waals surface area (Å²) in [4.78, 5) is 35.0. The minimum Gasteiger partial charge on any atom is -0.469 e. The maximum atomic E-state index is 12.9. The lowest BCUT2D eigenvalue weighted by Crippen LogP contribution is -2.39. The van der Waals surface area contributed by atoms with Gasteiger partial charge in [-0.05, 0) is 30.7 Å². The lowest BCUT2D eigenvalue weighted by molar-refractivity contribution is -0.207. The summed E-state index contributed by atoms with van der Waals surface area (Å²) >= 11 is 12.3. The van der Waals surface area contributed by atoms with Crippen LogP contribution in [0.25, 0.3) is 22.6 Å². The number of nitrogens with zero attached hydrogens (tertiary/aromatic N) is 4. The summed E-state index contributed by atoms with van der Waals surface area (Å²) in [5.74, 6) is 0.215. The van der Waals surface area contributed by atoms with E-state index >= 15 is 0 Å². The summed E-state index contributed by atoms with van der Waals surface area (Å²) in [6, 6.07) is 8.48. The van der Waals surface area contributed by atoms with E-state index in [1.165, 1.54) is 23.9 Å². The lowest BCUT2D eigenvalue weighted by atomic mass is 10.1. The van der Waals surface area contributed by atoms with Crippen molar-refractivity contribution in [2.75, 3.05) is 0 Å². The number of aromatic amines is 1. The Morgan fingerprint density at radius 3 is 2.47 bits per heavy atom. The third-order valence-electron chi connectivity index (χ3n) is 5.44. The fourth-order valence-corrected chi connectivity index (χ4v) is 3.89. The van der Waals surface area contributed by atoms with E-state index in [-0.39, 0.29) is 27.9 Å². The molecule has 0 saturated carbocycles. The number of hydrogen-bond acceptors (Lipinski definition) is 6. The number of imidazole rings is 1. The standard InChI is InChI=1S/C22H18Cl2F3N5O4/c1-10(11-3-5-13(23)6-4-11)36-20-14(24)7-12(8-28-20)17-29-18-16(31(17)2)19(34)30-21(35)32(18)9-15(33)22(25,26)27/h3-8,10,15,33H,9H2,1-2H3,(H,30,34,35). The number of aryl methyl sites for hydroxylation is 1. The Bertz CT molecular complexity index is 1550. The number of halogens is 5. The molecule has 2 atom stereocenters. The molecule has 4 rings (SSSR count). The zero-order valence-corrected chi connectivity index (χ0v) is 20.2. The maximum absolute atomic E-state index is 12.9. The van der Waals surface area contributed by atoms with Gasteiger partial charge in [-0.1, -0.05) is 35.3 Å². The number of hydrogen-bond donors (Lipinski definition) is 2. The number of aliphatic hydroxyl groups excluding tert-OH is 1. The molecule has 36 heavy (non-hydrogen) atoms. The normalized spacial score (nSPS) is 13.7. The number of rotatable bonds is 6. The first kappa shape index (κ1) is 25.7. The van der Waals surface area contributed by atoms with Crippen LogP contribution in [0.5, 0.6) is 5.88 Å². The van der Waals surface area contributed by atoms with E-state index in [1.807, 2.05) is 4.98 Å². The largest absolute Gasteiger partial charge is 0.469 e. The van der Waals surface area contributed by atoms with Crippen molar-refractivity contribution in [2.45, 2.75) is 31.9 Å². The number of alkyl halides is 3. The van der Waals surface area contributed by atoms with Gasteiger partial charge in [0.05, 0.1) is 6.54 Å². The molecule has 14 heteroatoms. The fraction of sp³-hybridized carbons (Fsp3) is 0.273. The highest BCUT2D eigenvalue weighted by atomic mass is 35.5. The summed E-state index contributed by atoms with van der Waals surface area (Å²) in [5, 5.41) is 10.1. The van der Waals surface area contributed by atoms with Crippen LogP contribution in [0.1, 0.15) is 18.6 Å². The highest BCUT2D eigenvalue weighted by Crippen LogP contribution is 2.31. The molecule has 0 aliphatic heterocycles. The number of ether oxygens (including phenoxy) is 1. The van der Waals surface area contributed by atoms with Crippen molar-refractivity contribution in [1.82, 2.24) is 24.1 Å². The molecular formula is C22H18Cl2F3N5O4. The molecule has 0 aliphatic rings. The molecule has 2 N–H and O–H groups in total. The van der Waals surface area contributed by atoms with E-state index in [4.69, 9.17) is 27.9 Å². The number of benzene rings is 1. The molecular weight excluding hydrogens is 526 g/mol. The van der Waals surface area contributed by atoms with Crippen LogP contribution in [0.2, 0.25) is 10.0 Å². The first-order chi connectivity index (χ1) is 16.9. The Morgan fingerprint density at radius 2 is 1.86 bits per heavy atom. The first-order valence-electron chi connectivity index (χ1n) is 10.4. The van der Waals surface area contributed by atoms with E-state index in [9.17, 15) is 27.9 Å². The Morgan fingerprint density at radius 1 is 1.19 bits per heavy atom. The highest BCUT2D eigenvalue weighted by molar-refractivity contribution is 6.32. The van der Waals surface area contributed by atoms with Gasteiger partial charge >= 0.3 is 11.9 Å². The van der Waals surface area contributed by atoms with Crippen molar-refractivity contribution in [1.29, 1.82) is 0 Å². The van der Waals surface area contributed by atoms with Gasteiger partial charge in [-0.15, -0.1) is 0 Å². The molecule has 3 heterocycles. The van der Waals surface area contributed by atoms with Crippen molar-refractivity contribution < 1.29 is 23.0 Å². The van der Waals surface area contributed by atoms with Crippen molar-refractivity contribution in [2.24, 2.45) is 7.05 Å². The monoisotopic (exact) mass is 543 g/mol. The molecule has 0 saturated heterocycles. The van der Waals surface area contributed by atoms with Crippen LogP contribution in [0, 0.1) is 0 Å². The second-order valence-electron chi connectivity index (χ2n) is 7.92. The van der Waals surface area contributed by atoms with Crippen LogP contribution in [-0.2, 0) is 13.6 Å². The number of pyridine rings is 1. The van der Waals surface area contributed by atoms with Gasteiger partial charge in [0.15, 0.2) is 17.3 Å². The highest BCUT2D eigenvalue weighted by Gasteiger charge is 2.39. The molecule has 3 aromatic heterocycles. The van der Waals surface area contributed by atoms with Gasteiger partial charge in [-0.3, -0.25) is 14.3 Å². The van der Waals surface area contributed by atoms with Crippen LogP contribution in [0.3, 0.4) is 0 Å². The van der Waals surface area contributed by atoms with E-state index in [0.717, 1.165) is 5.56 Å². The average molecular weight is 544 g/mol. The van der Waals surface area contributed by atoms with Crippen LogP contribution < -0.4 is 16.0 Å². The van der Waals surface area contributed by atoms with Crippen LogP contribution in [0.4, 0.5) is 13.2 Å². The van der Waals surface area contributed by atoms with Gasteiger partial charge in [-0.25, -0.2) is 14.8 Å². The minimum atomic E-state index is -4.98. The second-order valence-corrected chi connectivity index (χ2v) is 8.76. The third-order valence-corrected chi connectivity index (χ3v) is 5.96. The molecule has 4 aromatic rings. The molecule has 0 spiro atoms. The van der Waals surface area contributed by atoms with Crippen molar-refractivity contribution in [3.05, 3.63) is 73.0 Å². The lowest BCUT2D eigenvalue weighted by Gasteiger charge is -2.15. The van der Waals surface area contributed by atoms with Crippen molar-refractivity contribution in [3.8, 4) is 17.3 Å². The quantitative estimate of drug-likeness (QED) is 0.381. The Kier molecular flexibility index (Phi) is 6.86. The van der Waals surface area contributed by atoms with E-state index < -0.39 is 36.2 Å². The fourth-order valence-electron chi connectivity index (χ4n) is 3.55. The van der Waals surface area contributed by atoms with Crippen molar-refractivity contribution in [3.63, 3.8) is 0 Å². The minimum absolute atomic E-state index is 0.100. The predicted octanol–water partition coefficient (Wildman–Crippen LogP) is 3.86. The SMILES string of the molecule is CC(Oc1ncc(-c2nc3c(c(=O)[nH]c(=O)n3CC(O)C(F)(F)F)n2C)cc1Cl)c1ccc(Cl)cc1. The Labute approximate surface area is 210 Å². The second kappa shape index (κ2) is 9.60. The first-order valence-corrected chi connectivity index (χ1v) is 11.1. The third kappa shape index (κ3) is 4.97. The van der Waals surface area contributed by atoms with Gasteiger partial charge in [0.1, 0.15) is 17.0 Å². The molecule has 0 bridgehead atoms. The molecule has 9 nitrogen and oxygen atoms in total. The smallest absolute Gasteiger partial charge is 0.416 e. The Hall–Kier alpha value is -3.35. The van der Waals surface area contributed by atoms with Crippen molar-refractivity contribution >= 4 is 34.4 Å². The molecule has 0 radical (unpaired) electrons. The number of fused-ring (bicyclic) bond motifs is 1. The van der Waals surface area contributed by atoms with Gasteiger partial charge in [0, 0.05) is 23.8 Å². The number of aliphatic hydroxyl groups is 1. The van der Waals surface area contributed by atoms with Gasteiger partial charge in [-0.2, -0.15) is 13.2 Å². The zero-order valence-electron chi connectivity index (χ0n) is 18.7. The number of aromatic nitrogens is 5. The van der Waals surface area contributed by atoms with Gasteiger partial charge in [0.25, 0.3) is 5.56 Å². The van der Waals surface area contributed by atoms with Gasteiger partial charge in [0.2, 0.25) is 5.88 Å². The van der Waals surface area contributed by atoms with Crippen LogP contribution in [0.15, 0.2) is 46.1 Å². The van der Waals surface area contributed by atoms with Crippen LogP contribution in [-0.4, -0.2) is 41.5 Å².